The summed E-state index contributed by atoms with van der Waals surface area (Å²) in [6.07, 6.45) is 2.76. The third-order valence-corrected chi connectivity index (χ3v) is 6.50. The van der Waals surface area contributed by atoms with Crippen LogP contribution in [0.2, 0.25) is 0 Å². The molecule has 3 aromatic carbocycles. The van der Waals surface area contributed by atoms with E-state index in [4.69, 9.17) is 9.72 Å². The summed E-state index contributed by atoms with van der Waals surface area (Å²) in [5.74, 6) is 1.84. The average molecular weight is 476 g/mol. The van der Waals surface area contributed by atoms with Crippen LogP contribution in [0.1, 0.15) is 60.8 Å². The van der Waals surface area contributed by atoms with Crippen molar-refractivity contribution in [3.8, 4) is 28.6 Å². The van der Waals surface area contributed by atoms with E-state index in [9.17, 15) is 10.1 Å². The molecule has 0 bridgehead atoms. The molecule has 0 spiro atoms. The number of nitriles is 1. The van der Waals surface area contributed by atoms with Gasteiger partial charge < -0.3 is 4.74 Å². The molecule has 5 rings (SSSR count). The number of hydrogen-bond acceptors (Lipinski definition) is 4. The second-order valence-corrected chi connectivity index (χ2v) is 9.63. The highest BCUT2D eigenvalue weighted by Crippen LogP contribution is 2.40. The number of rotatable bonds is 7. The normalized spacial score (nSPS) is 13.0. The maximum absolute atomic E-state index is 13.8. The zero-order valence-corrected chi connectivity index (χ0v) is 20.9. The van der Waals surface area contributed by atoms with Gasteiger partial charge in [0.2, 0.25) is 0 Å². The van der Waals surface area contributed by atoms with Gasteiger partial charge in [0, 0.05) is 17.9 Å². The van der Waals surface area contributed by atoms with Gasteiger partial charge >= 0.3 is 0 Å². The summed E-state index contributed by atoms with van der Waals surface area (Å²) >= 11 is 0. The summed E-state index contributed by atoms with van der Waals surface area (Å²) in [7, 11) is 0. The largest absolute Gasteiger partial charge is 0.491 e. The lowest BCUT2D eigenvalue weighted by Crippen LogP contribution is -2.28. The lowest BCUT2D eigenvalue weighted by atomic mass is 9.97. The Kier molecular flexibility index (Phi) is 6.43. The summed E-state index contributed by atoms with van der Waals surface area (Å²) < 4.78 is 7.47. The van der Waals surface area contributed by atoms with Crippen LogP contribution in [0.15, 0.2) is 77.6 Å². The molecule has 0 N–H and O–H groups in total. The van der Waals surface area contributed by atoms with Gasteiger partial charge in [-0.2, -0.15) is 5.26 Å². The first-order valence-electron chi connectivity index (χ1n) is 12.4. The summed E-state index contributed by atoms with van der Waals surface area (Å²) in [6.45, 7) is 5.88. The van der Waals surface area contributed by atoms with Gasteiger partial charge in [-0.3, -0.25) is 9.36 Å². The lowest BCUT2D eigenvalue weighted by Gasteiger charge is -2.16. The Bertz CT molecular complexity index is 1490. The van der Waals surface area contributed by atoms with Crippen molar-refractivity contribution in [1.29, 1.82) is 5.26 Å². The van der Waals surface area contributed by atoms with E-state index in [-0.39, 0.29) is 11.7 Å². The molecule has 0 aliphatic heterocycles. The van der Waals surface area contributed by atoms with Crippen LogP contribution in [0, 0.1) is 18.3 Å². The van der Waals surface area contributed by atoms with E-state index in [0.29, 0.717) is 23.7 Å². The maximum atomic E-state index is 13.8. The van der Waals surface area contributed by atoms with Crippen molar-refractivity contribution in [2.45, 2.75) is 52.1 Å². The second-order valence-electron chi connectivity index (χ2n) is 9.63. The zero-order valence-electron chi connectivity index (χ0n) is 20.9. The van der Waals surface area contributed by atoms with Gasteiger partial charge in [0.15, 0.2) is 0 Å². The van der Waals surface area contributed by atoms with Gasteiger partial charge in [-0.15, -0.1) is 0 Å². The van der Waals surface area contributed by atoms with E-state index < -0.39 is 0 Å². The average Bonchev–Trinajstić information content (AvgIpc) is 3.72. The minimum atomic E-state index is -0.0131. The Morgan fingerprint density at radius 1 is 1.03 bits per heavy atom. The molecule has 4 aromatic rings. The van der Waals surface area contributed by atoms with Crippen LogP contribution in [0.25, 0.3) is 16.8 Å². The highest BCUT2D eigenvalue weighted by Gasteiger charge is 2.30. The lowest BCUT2D eigenvalue weighted by molar-refractivity contribution is 0.242. The van der Waals surface area contributed by atoms with Gasteiger partial charge in [0.05, 0.1) is 29.1 Å². The monoisotopic (exact) mass is 475 g/mol. The van der Waals surface area contributed by atoms with E-state index >= 15 is 0 Å². The van der Waals surface area contributed by atoms with E-state index in [0.717, 1.165) is 52.2 Å². The smallest absolute Gasteiger partial charge is 0.261 e. The van der Waals surface area contributed by atoms with Crippen LogP contribution in [0.5, 0.6) is 5.75 Å². The van der Waals surface area contributed by atoms with Crippen LogP contribution < -0.4 is 10.3 Å². The molecule has 1 fully saturated rings. The molecular weight excluding hydrogens is 446 g/mol. The van der Waals surface area contributed by atoms with Crippen molar-refractivity contribution in [1.82, 2.24) is 9.55 Å². The third kappa shape index (κ3) is 4.81. The Labute approximate surface area is 211 Å². The topological polar surface area (TPSA) is 67.9 Å². The Balaban J connectivity index is 1.50. The number of benzene rings is 3. The van der Waals surface area contributed by atoms with Crippen molar-refractivity contribution >= 4 is 0 Å². The maximum Gasteiger partial charge on any atom is 0.261 e. The number of ether oxygens (including phenoxy) is 1. The Morgan fingerprint density at radius 3 is 2.36 bits per heavy atom. The molecule has 1 aliphatic rings. The molecule has 1 aliphatic carbocycles. The van der Waals surface area contributed by atoms with Crippen LogP contribution >= 0.6 is 0 Å². The molecule has 0 atom stereocenters. The molecular formula is C31H29N3O2. The first-order valence-corrected chi connectivity index (χ1v) is 12.4. The molecule has 1 saturated carbocycles. The van der Waals surface area contributed by atoms with Crippen LogP contribution in [0.3, 0.4) is 0 Å². The minimum absolute atomic E-state index is 0.0131. The van der Waals surface area contributed by atoms with Gasteiger partial charge in [-0.25, -0.2) is 4.98 Å². The van der Waals surface area contributed by atoms with Crippen LogP contribution in [-0.2, 0) is 6.42 Å². The minimum Gasteiger partial charge on any atom is -0.491 e. The SMILES string of the molecule is Cc1nc(C2CC2)c(Cc2ccc(-c3ccccc3C#N)cc2)c(=O)n1-c1ccc(OC(C)C)cc1. The zero-order chi connectivity index (χ0) is 25.2. The van der Waals surface area contributed by atoms with Crippen molar-refractivity contribution in [2.75, 3.05) is 0 Å². The first-order chi connectivity index (χ1) is 17.4. The predicted molar refractivity (Wildman–Crippen MR) is 142 cm³/mol. The molecule has 0 radical (unpaired) electrons. The van der Waals surface area contributed by atoms with E-state index in [1.165, 1.54) is 0 Å². The molecule has 1 heterocycles. The molecule has 0 saturated heterocycles. The fourth-order valence-corrected chi connectivity index (χ4v) is 4.63. The van der Waals surface area contributed by atoms with Crippen molar-refractivity contribution in [3.05, 3.63) is 111 Å². The van der Waals surface area contributed by atoms with E-state index in [1.54, 1.807) is 4.57 Å². The molecule has 36 heavy (non-hydrogen) atoms. The van der Waals surface area contributed by atoms with Gasteiger partial charge in [-0.05, 0) is 80.6 Å². The second kappa shape index (κ2) is 9.83. The molecule has 0 amide bonds. The van der Waals surface area contributed by atoms with Crippen molar-refractivity contribution in [2.24, 2.45) is 0 Å². The van der Waals surface area contributed by atoms with E-state index in [1.807, 2.05) is 93.6 Å². The number of nitrogens with zero attached hydrogens (tertiary/aromatic N) is 3. The number of aryl methyl sites for hydroxylation is 1. The predicted octanol–water partition coefficient (Wildman–Crippen LogP) is 6.34. The molecule has 180 valence electrons. The summed E-state index contributed by atoms with van der Waals surface area (Å²) in [5.41, 5.74) is 6.06. The first kappa shape index (κ1) is 23.6. The van der Waals surface area contributed by atoms with Crippen LogP contribution in [0.4, 0.5) is 0 Å². The molecule has 5 heteroatoms. The summed E-state index contributed by atoms with van der Waals surface area (Å²) in [5, 5.41) is 9.44. The molecule has 0 unspecified atom stereocenters. The Morgan fingerprint density at radius 2 is 1.72 bits per heavy atom. The molecule has 1 aromatic heterocycles. The van der Waals surface area contributed by atoms with Crippen molar-refractivity contribution < 1.29 is 4.74 Å². The fraction of sp³-hybridized carbons (Fsp3) is 0.258. The van der Waals surface area contributed by atoms with E-state index in [2.05, 4.69) is 6.07 Å². The number of aromatic nitrogens is 2. The fourth-order valence-electron chi connectivity index (χ4n) is 4.63. The number of hydrogen-bond donors (Lipinski definition) is 0. The standard InChI is InChI=1S/C31H29N3O2/c1-20(2)36-27-16-14-26(15-17-27)34-21(3)33-30(24-12-13-24)29(31(34)35)18-22-8-10-23(11-9-22)28-7-5-4-6-25(28)19-32/h4-11,14-17,20,24H,12-13,18H2,1-3H3. The van der Waals surface area contributed by atoms with Gasteiger partial charge in [0.1, 0.15) is 11.6 Å². The highest BCUT2D eigenvalue weighted by atomic mass is 16.5. The highest BCUT2D eigenvalue weighted by molar-refractivity contribution is 5.70. The summed E-state index contributed by atoms with van der Waals surface area (Å²) in [4.78, 5) is 18.8. The Hall–Kier alpha value is -4.17. The van der Waals surface area contributed by atoms with Gasteiger partial charge in [-0.1, -0.05) is 42.5 Å². The third-order valence-electron chi connectivity index (χ3n) is 6.50. The van der Waals surface area contributed by atoms with Crippen molar-refractivity contribution in [3.63, 3.8) is 0 Å². The quantitative estimate of drug-likeness (QED) is 0.313. The van der Waals surface area contributed by atoms with Crippen LogP contribution in [-0.4, -0.2) is 15.7 Å². The molecule has 5 nitrogen and oxygen atoms in total. The summed E-state index contributed by atoms with van der Waals surface area (Å²) in [6, 6.07) is 25.6. The van der Waals surface area contributed by atoms with Gasteiger partial charge in [0.25, 0.3) is 5.56 Å².